The molecule has 2 amide bonds. The summed E-state index contributed by atoms with van der Waals surface area (Å²) in [5.41, 5.74) is 0.225. The molecule has 1 aliphatic heterocycles. The molecule has 2 unspecified atom stereocenters. The molecule has 21 heavy (non-hydrogen) atoms. The molecule has 114 valence electrons. The van der Waals surface area contributed by atoms with Crippen LogP contribution in [0.25, 0.3) is 0 Å². The van der Waals surface area contributed by atoms with Crippen molar-refractivity contribution in [2.75, 3.05) is 19.6 Å². The molecule has 1 heterocycles. The van der Waals surface area contributed by atoms with Crippen LogP contribution in [-0.2, 0) is 4.79 Å². The van der Waals surface area contributed by atoms with E-state index >= 15 is 0 Å². The minimum Gasteiger partial charge on any atom is -0.343 e. The van der Waals surface area contributed by atoms with E-state index in [1.807, 2.05) is 0 Å². The third-order valence-corrected chi connectivity index (χ3v) is 3.71. The van der Waals surface area contributed by atoms with Crippen LogP contribution in [0.3, 0.4) is 0 Å². The number of rotatable bonds is 3. The van der Waals surface area contributed by atoms with Crippen molar-refractivity contribution in [2.24, 2.45) is 11.8 Å². The van der Waals surface area contributed by atoms with E-state index in [1.165, 1.54) is 18.2 Å². The molecule has 0 aliphatic carbocycles. The predicted octanol–water partition coefficient (Wildman–Crippen LogP) is 2.06. The van der Waals surface area contributed by atoms with Gasteiger partial charge in [-0.05, 0) is 36.5 Å². The van der Waals surface area contributed by atoms with Gasteiger partial charge in [0.25, 0.3) is 5.91 Å². The van der Waals surface area contributed by atoms with Gasteiger partial charge in [0.2, 0.25) is 5.91 Å². The number of amides is 2. The molecule has 2 atom stereocenters. The zero-order valence-corrected chi connectivity index (χ0v) is 12.4. The number of halogens is 1. The molecular weight excluding hydrogens is 271 g/mol. The summed E-state index contributed by atoms with van der Waals surface area (Å²) in [6, 6.07) is 5.43. The van der Waals surface area contributed by atoms with Crippen molar-refractivity contribution in [3.05, 3.63) is 35.6 Å². The van der Waals surface area contributed by atoms with E-state index in [2.05, 4.69) is 19.2 Å². The quantitative estimate of drug-likeness (QED) is 0.927. The van der Waals surface area contributed by atoms with Crippen LogP contribution < -0.4 is 5.32 Å². The Bertz CT molecular complexity index is 523. The van der Waals surface area contributed by atoms with Crippen molar-refractivity contribution in [2.45, 2.75) is 20.3 Å². The van der Waals surface area contributed by atoms with Crippen LogP contribution in [0, 0.1) is 17.7 Å². The van der Waals surface area contributed by atoms with Crippen molar-refractivity contribution in [1.82, 2.24) is 10.2 Å². The van der Waals surface area contributed by atoms with Gasteiger partial charge >= 0.3 is 0 Å². The first-order valence-corrected chi connectivity index (χ1v) is 7.27. The molecule has 2 rings (SSSR count). The molecule has 0 radical (unpaired) electrons. The summed E-state index contributed by atoms with van der Waals surface area (Å²) < 4.78 is 13.0. The maximum Gasteiger partial charge on any atom is 0.251 e. The minimum atomic E-state index is -0.465. The van der Waals surface area contributed by atoms with Crippen LogP contribution in [0.15, 0.2) is 24.3 Å². The highest BCUT2D eigenvalue weighted by atomic mass is 19.1. The summed E-state index contributed by atoms with van der Waals surface area (Å²) in [5.74, 6) is -0.0139. The highest BCUT2D eigenvalue weighted by Crippen LogP contribution is 2.20. The molecule has 4 nitrogen and oxygen atoms in total. The number of carbonyl (C=O) groups excluding carboxylic acids is 2. The van der Waals surface area contributed by atoms with Crippen molar-refractivity contribution < 1.29 is 14.0 Å². The minimum absolute atomic E-state index is 0.0468. The monoisotopic (exact) mass is 292 g/mol. The predicted molar refractivity (Wildman–Crippen MR) is 78.3 cm³/mol. The lowest BCUT2D eigenvalue weighted by Gasteiger charge is -2.35. The maximum atomic E-state index is 13.0. The number of nitrogens with zero attached hydrogens (tertiary/aromatic N) is 1. The normalized spacial score (nSPS) is 22.0. The molecule has 1 aliphatic rings. The Balaban J connectivity index is 1.87. The standard InChI is InChI=1S/C16H21FN2O2/c1-11-6-12(2)10-19(9-11)15(20)8-18-16(21)13-4-3-5-14(17)7-13/h3-5,7,11-12H,6,8-10H2,1-2H3,(H,18,21). The first-order valence-electron chi connectivity index (χ1n) is 7.27. The van der Waals surface area contributed by atoms with E-state index in [1.54, 1.807) is 4.90 Å². The highest BCUT2D eigenvalue weighted by molar-refractivity contribution is 5.96. The summed E-state index contributed by atoms with van der Waals surface area (Å²) in [7, 11) is 0. The molecular formula is C16H21FN2O2. The van der Waals surface area contributed by atoms with Crippen molar-refractivity contribution in [3.63, 3.8) is 0 Å². The second-order valence-corrected chi connectivity index (χ2v) is 5.94. The van der Waals surface area contributed by atoms with Gasteiger partial charge in [-0.15, -0.1) is 0 Å². The van der Waals surface area contributed by atoms with Crippen LogP contribution >= 0.6 is 0 Å². The number of piperidine rings is 1. The first kappa shape index (κ1) is 15.5. The van der Waals surface area contributed by atoms with E-state index in [-0.39, 0.29) is 18.0 Å². The van der Waals surface area contributed by atoms with E-state index in [9.17, 15) is 14.0 Å². The Morgan fingerprint density at radius 2 is 1.95 bits per heavy atom. The zero-order valence-electron chi connectivity index (χ0n) is 12.4. The Morgan fingerprint density at radius 3 is 2.57 bits per heavy atom. The van der Waals surface area contributed by atoms with Gasteiger partial charge in [-0.3, -0.25) is 9.59 Å². The SMILES string of the molecule is CC1CC(C)CN(C(=O)CNC(=O)c2cccc(F)c2)C1. The van der Waals surface area contributed by atoms with E-state index < -0.39 is 11.7 Å². The summed E-state index contributed by atoms with van der Waals surface area (Å²) >= 11 is 0. The van der Waals surface area contributed by atoms with Crippen LogP contribution in [0.1, 0.15) is 30.6 Å². The van der Waals surface area contributed by atoms with Gasteiger partial charge in [0.05, 0.1) is 6.54 Å². The van der Waals surface area contributed by atoms with Gasteiger partial charge in [0.1, 0.15) is 5.82 Å². The Labute approximate surface area is 124 Å². The largest absolute Gasteiger partial charge is 0.343 e. The molecule has 0 saturated carbocycles. The smallest absolute Gasteiger partial charge is 0.251 e. The molecule has 1 saturated heterocycles. The summed E-state index contributed by atoms with van der Waals surface area (Å²) in [6.45, 7) is 5.68. The molecule has 0 bridgehead atoms. The van der Waals surface area contributed by atoms with Gasteiger partial charge in [-0.1, -0.05) is 19.9 Å². The molecule has 0 spiro atoms. The fourth-order valence-corrected chi connectivity index (χ4v) is 2.87. The lowest BCUT2D eigenvalue weighted by atomic mass is 9.92. The first-order chi connectivity index (χ1) is 9.95. The summed E-state index contributed by atoms with van der Waals surface area (Å²) in [4.78, 5) is 25.8. The second kappa shape index (κ2) is 6.70. The lowest BCUT2D eigenvalue weighted by molar-refractivity contribution is -0.132. The zero-order chi connectivity index (χ0) is 15.4. The van der Waals surface area contributed by atoms with E-state index in [0.717, 1.165) is 25.6 Å². The Morgan fingerprint density at radius 1 is 1.29 bits per heavy atom. The molecule has 1 aromatic carbocycles. The van der Waals surface area contributed by atoms with Crippen molar-refractivity contribution in [3.8, 4) is 0 Å². The van der Waals surface area contributed by atoms with Gasteiger partial charge in [0, 0.05) is 18.7 Å². The van der Waals surface area contributed by atoms with Gasteiger partial charge in [0.15, 0.2) is 0 Å². The van der Waals surface area contributed by atoms with E-state index in [0.29, 0.717) is 11.8 Å². The summed E-state index contributed by atoms with van der Waals surface area (Å²) in [6.07, 6.45) is 1.12. The Hall–Kier alpha value is -1.91. The van der Waals surface area contributed by atoms with Gasteiger partial charge in [-0.2, -0.15) is 0 Å². The fourth-order valence-electron chi connectivity index (χ4n) is 2.87. The third kappa shape index (κ3) is 4.28. The number of carbonyl (C=O) groups is 2. The van der Waals surface area contributed by atoms with Gasteiger partial charge < -0.3 is 10.2 Å². The Kier molecular flexibility index (Phi) is 4.94. The number of likely N-dealkylation sites (tertiary alicyclic amines) is 1. The number of hydrogen-bond donors (Lipinski definition) is 1. The number of benzene rings is 1. The van der Waals surface area contributed by atoms with Crippen molar-refractivity contribution in [1.29, 1.82) is 0 Å². The molecule has 1 aromatic rings. The summed E-state index contributed by atoms with van der Waals surface area (Å²) in [5, 5.41) is 2.56. The topological polar surface area (TPSA) is 49.4 Å². The fraction of sp³-hybridized carbons (Fsp3) is 0.500. The van der Waals surface area contributed by atoms with Crippen LogP contribution in [-0.4, -0.2) is 36.3 Å². The lowest BCUT2D eigenvalue weighted by Crippen LogP contribution is -2.46. The van der Waals surface area contributed by atoms with Gasteiger partial charge in [-0.25, -0.2) is 4.39 Å². The second-order valence-electron chi connectivity index (χ2n) is 5.94. The molecule has 1 N–H and O–H groups in total. The average molecular weight is 292 g/mol. The van der Waals surface area contributed by atoms with Crippen molar-refractivity contribution >= 4 is 11.8 Å². The molecule has 1 fully saturated rings. The average Bonchev–Trinajstić information content (AvgIpc) is 2.43. The van der Waals surface area contributed by atoms with Crippen LogP contribution in [0.2, 0.25) is 0 Å². The molecule has 0 aromatic heterocycles. The highest BCUT2D eigenvalue weighted by Gasteiger charge is 2.25. The van der Waals surface area contributed by atoms with Crippen LogP contribution in [0.5, 0.6) is 0 Å². The third-order valence-electron chi connectivity index (χ3n) is 3.71. The van der Waals surface area contributed by atoms with E-state index in [4.69, 9.17) is 0 Å². The number of nitrogens with one attached hydrogen (secondary N) is 1. The van der Waals surface area contributed by atoms with Crippen LogP contribution in [0.4, 0.5) is 4.39 Å². The maximum absolute atomic E-state index is 13.0. The molecule has 5 heteroatoms. The number of hydrogen-bond acceptors (Lipinski definition) is 2.